The van der Waals surface area contributed by atoms with Crippen molar-refractivity contribution in [3.05, 3.63) is 95.1 Å². The average Bonchev–Trinajstić information content (AvgIpc) is 2.82. The molecule has 1 N–H and O–H groups in total. The third-order valence-corrected chi connectivity index (χ3v) is 6.32. The highest BCUT2D eigenvalue weighted by molar-refractivity contribution is 7.92. The van der Waals surface area contributed by atoms with E-state index in [1.807, 2.05) is 43.3 Å². The van der Waals surface area contributed by atoms with E-state index in [2.05, 4.69) is 5.32 Å². The number of hydrogen-bond acceptors (Lipinski definition) is 5. The Hall–Kier alpha value is -3.36. The van der Waals surface area contributed by atoms with Crippen molar-refractivity contribution in [2.45, 2.75) is 20.1 Å². The Labute approximate surface area is 201 Å². The van der Waals surface area contributed by atoms with E-state index >= 15 is 0 Å². The summed E-state index contributed by atoms with van der Waals surface area (Å²) in [6.45, 7) is 3.30. The normalized spacial score (nSPS) is 11.1. The standard InChI is InChI=1S/C26H30N2O5S/c1-20-9-14-25(32-2)24(17-20)28(34(3,30)31)18-21-10-12-23(13-11-21)26(29)27-15-16-33-19-22-7-5-4-6-8-22/h4-14,17H,15-16,18-19H2,1-3H3,(H,27,29). The van der Waals surface area contributed by atoms with Crippen molar-refractivity contribution in [1.29, 1.82) is 0 Å². The van der Waals surface area contributed by atoms with Gasteiger partial charge in [0.2, 0.25) is 10.0 Å². The molecule has 0 aliphatic carbocycles. The van der Waals surface area contributed by atoms with Crippen molar-refractivity contribution in [3.63, 3.8) is 0 Å². The van der Waals surface area contributed by atoms with E-state index in [-0.39, 0.29) is 12.5 Å². The van der Waals surface area contributed by atoms with Crippen LogP contribution in [0, 0.1) is 6.92 Å². The SMILES string of the molecule is COc1ccc(C)cc1N(Cc1ccc(C(=O)NCCOCc2ccccc2)cc1)S(C)(=O)=O. The molecule has 3 rings (SSSR count). The zero-order valence-electron chi connectivity index (χ0n) is 19.7. The monoisotopic (exact) mass is 482 g/mol. The van der Waals surface area contributed by atoms with Crippen LogP contribution < -0.4 is 14.4 Å². The number of hydrogen-bond donors (Lipinski definition) is 1. The lowest BCUT2D eigenvalue weighted by atomic mass is 10.1. The van der Waals surface area contributed by atoms with Crippen molar-refractivity contribution in [2.24, 2.45) is 0 Å². The zero-order chi connectivity index (χ0) is 24.6. The van der Waals surface area contributed by atoms with Gasteiger partial charge in [0.05, 0.1) is 38.8 Å². The fourth-order valence-corrected chi connectivity index (χ4v) is 4.29. The molecule has 0 radical (unpaired) electrons. The second-order valence-corrected chi connectivity index (χ2v) is 9.84. The summed E-state index contributed by atoms with van der Waals surface area (Å²) in [4.78, 5) is 12.4. The largest absolute Gasteiger partial charge is 0.495 e. The molecule has 0 aliphatic heterocycles. The van der Waals surface area contributed by atoms with Crippen molar-refractivity contribution in [1.82, 2.24) is 5.32 Å². The predicted molar refractivity (Wildman–Crippen MR) is 134 cm³/mol. The van der Waals surface area contributed by atoms with E-state index in [1.165, 1.54) is 11.4 Å². The summed E-state index contributed by atoms with van der Waals surface area (Å²) in [7, 11) is -2.06. The fourth-order valence-electron chi connectivity index (χ4n) is 3.41. The molecule has 3 aromatic carbocycles. The molecule has 0 saturated carbocycles. The van der Waals surface area contributed by atoms with Crippen molar-refractivity contribution >= 4 is 21.6 Å². The first kappa shape index (κ1) is 25.3. The molecular formula is C26H30N2O5S. The van der Waals surface area contributed by atoms with E-state index in [0.29, 0.717) is 36.8 Å². The minimum absolute atomic E-state index is 0.119. The maximum Gasteiger partial charge on any atom is 0.251 e. The van der Waals surface area contributed by atoms with E-state index in [4.69, 9.17) is 9.47 Å². The van der Waals surface area contributed by atoms with Crippen LogP contribution >= 0.6 is 0 Å². The summed E-state index contributed by atoms with van der Waals surface area (Å²) >= 11 is 0. The van der Waals surface area contributed by atoms with Gasteiger partial charge in [-0.2, -0.15) is 0 Å². The molecule has 0 fully saturated rings. The van der Waals surface area contributed by atoms with Crippen molar-refractivity contribution in [2.75, 3.05) is 30.8 Å². The van der Waals surface area contributed by atoms with Gasteiger partial charge >= 0.3 is 0 Å². The maximum atomic E-state index is 12.5. The summed E-state index contributed by atoms with van der Waals surface area (Å²) in [5.41, 5.74) is 3.71. The molecular weight excluding hydrogens is 452 g/mol. The molecule has 0 unspecified atom stereocenters. The number of nitrogens with zero attached hydrogens (tertiary/aromatic N) is 1. The molecule has 0 saturated heterocycles. The molecule has 8 heteroatoms. The van der Waals surface area contributed by atoms with Gasteiger partial charge in [-0.3, -0.25) is 9.10 Å². The van der Waals surface area contributed by atoms with Gasteiger partial charge in [0, 0.05) is 12.1 Å². The highest BCUT2D eigenvalue weighted by Crippen LogP contribution is 2.32. The number of carbonyl (C=O) groups is 1. The summed E-state index contributed by atoms with van der Waals surface area (Å²) < 4.78 is 37.4. The van der Waals surface area contributed by atoms with Gasteiger partial charge in [0.1, 0.15) is 5.75 Å². The number of benzene rings is 3. The smallest absolute Gasteiger partial charge is 0.251 e. The number of amides is 1. The first-order valence-electron chi connectivity index (χ1n) is 10.9. The summed E-state index contributed by atoms with van der Waals surface area (Å²) in [6, 6.07) is 22.1. The Kier molecular flexibility index (Phi) is 8.67. The van der Waals surface area contributed by atoms with Gasteiger partial charge in [-0.25, -0.2) is 8.42 Å². The average molecular weight is 483 g/mol. The van der Waals surface area contributed by atoms with E-state index in [1.54, 1.807) is 36.4 Å². The highest BCUT2D eigenvalue weighted by Gasteiger charge is 2.22. The number of methoxy groups -OCH3 is 1. The lowest BCUT2D eigenvalue weighted by Gasteiger charge is -2.25. The molecule has 7 nitrogen and oxygen atoms in total. The Bertz CT molecular complexity index is 1200. The second kappa shape index (κ2) is 11.7. The van der Waals surface area contributed by atoms with Crippen molar-refractivity contribution in [3.8, 4) is 5.75 Å². The molecule has 0 aliphatic rings. The van der Waals surface area contributed by atoms with E-state index < -0.39 is 10.0 Å². The minimum atomic E-state index is -3.57. The fraction of sp³-hybridized carbons (Fsp3) is 0.269. The Morgan fingerprint density at radius 2 is 1.68 bits per heavy atom. The van der Waals surface area contributed by atoms with Gasteiger partial charge in [-0.05, 0) is 47.9 Å². The first-order valence-corrected chi connectivity index (χ1v) is 12.7. The molecule has 0 bridgehead atoms. The lowest BCUT2D eigenvalue weighted by Crippen LogP contribution is -2.30. The maximum absolute atomic E-state index is 12.5. The van der Waals surface area contributed by atoms with Crippen LogP contribution in [0.15, 0.2) is 72.8 Å². The molecule has 0 aromatic heterocycles. The van der Waals surface area contributed by atoms with Crippen LogP contribution in [0.4, 0.5) is 5.69 Å². The Morgan fingerprint density at radius 1 is 0.971 bits per heavy atom. The van der Waals surface area contributed by atoms with Crippen LogP contribution in [-0.4, -0.2) is 40.8 Å². The molecule has 0 spiro atoms. The highest BCUT2D eigenvalue weighted by atomic mass is 32.2. The molecule has 0 heterocycles. The summed E-state index contributed by atoms with van der Waals surface area (Å²) in [5.74, 6) is 0.261. The van der Waals surface area contributed by atoms with Crippen LogP contribution in [0.3, 0.4) is 0 Å². The number of aryl methyl sites for hydroxylation is 1. The Morgan fingerprint density at radius 3 is 2.32 bits per heavy atom. The third kappa shape index (κ3) is 7.07. The van der Waals surface area contributed by atoms with Gasteiger partial charge in [0.15, 0.2) is 0 Å². The van der Waals surface area contributed by atoms with Crippen molar-refractivity contribution < 1.29 is 22.7 Å². The summed E-state index contributed by atoms with van der Waals surface area (Å²) in [5, 5.41) is 2.83. The van der Waals surface area contributed by atoms with Gasteiger partial charge < -0.3 is 14.8 Å². The van der Waals surface area contributed by atoms with Crippen LogP contribution in [0.25, 0.3) is 0 Å². The number of carbonyl (C=O) groups excluding carboxylic acids is 1. The van der Waals surface area contributed by atoms with Crippen LogP contribution in [0.2, 0.25) is 0 Å². The second-order valence-electron chi connectivity index (χ2n) is 7.94. The minimum Gasteiger partial charge on any atom is -0.495 e. The first-order chi connectivity index (χ1) is 16.3. The predicted octanol–water partition coefficient (Wildman–Crippen LogP) is 3.92. The number of anilines is 1. The molecule has 1 amide bonds. The Balaban J connectivity index is 1.59. The van der Waals surface area contributed by atoms with Gasteiger partial charge in [-0.15, -0.1) is 0 Å². The van der Waals surface area contributed by atoms with Crippen LogP contribution in [0.5, 0.6) is 5.75 Å². The topological polar surface area (TPSA) is 84.9 Å². The lowest BCUT2D eigenvalue weighted by molar-refractivity contribution is 0.0901. The zero-order valence-corrected chi connectivity index (χ0v) is 20.5. The van der Waals surface area contributed by atoms with E-state index in [9.17, 15) is 13.2 Å². The molecule has 34 heavy (non-hydrogen) atoms. The van der Waals surface area contributed by atoms with Gasteiger partial charge in [0.25, 0.3) is 5.91 Å². The van der Waals surface area contributed by atoms with E-state index in [0.717, 1.165) is 22.9 Å². The summed E-state index contributed by atoms with van der Waals surface area (Å²) in [6.07, 6.45) is 1.16. The third-order valence-electron chi connectivity index (χ3n) is 5.19. The van der Waals surface area contributed by atoms with Crippen LogP contribution in [0.1, 0.15) is 27.0 Å². The van der Waals surface area contributed by atoms with Crippen LogP contribution in [-0.2, 0) is 27.9 Å². The molecule has 180 valence electrons. The number of rotatable bonds is 11. The number of sulfonamides is 1. The van der Waals surface area contributed by atoms with Gasteiger partial charge in [-0.1, -0.05) is 48.5 Å². The molecule has 0 atom stereocenters. The number of ether oxygens (including phenoxy) is 2. The quantitative estimate of drug-likeness (QED) is 0.419. The number of nitrogens with one attached hydrogen (secondary N) is 1. The molecule has 3 aromatic rings.